The molecule has 0 saturated carbocycles. The van der Waals surface area contributed by atoms with E-state index in [9.17, 15) is 14.4 Å². The maximum atomic E-state index is 12.7. The highest BCUT2D eigenvalue weighted by molar-refractivity contribution is 5.71. The number of rotatable bonds is 39. The van der Waals surface area contributed by atoms with Crippen molar-refractivity contribution in [2.45, 2.75) is 200 Å². The predicted molar refractivity (Wildman–Crippen MR) is 237 cm³/mol. The molecule has 0 saturated heterocycles. The highest BCUT2D eigenvalue weighted by Gasteiger charge is 2.19. The van der Waals surface area contributed by atoms with Gasteiger partial charge in [0.1, 0.15) is 13.2 Å². The number of hydrogen-bond acceptors (Lipinski definition) is 6. The molecular weight excluding hydrogens is 697 g/mol. The van der Waals surface area contributed by atoms with E-state index in [1.807, 2.05) is 0 Å². The Hall–Kier alpha value is -3.41. The minimum atomic E-state index is -0.802. The van der Waals surface area contributed by atoms with E-state index >= 15 is 0 Å². The lowest BCUT2D eigenvalue weighted by Gasteiger charge is -2.18. The van der Waals surface area contributed by atoms with Crippen molar-refractivity contribution in [2.24, 2.45) is 0 Å². The van der Waals surface area contributed by atoms with Crippen LogP contribution in [0.15, 0.2) is 85.1 Å². The molecule has 0 bridgehead atoms. The second-order valence-corrected chi connectivity index (χ2v) is 14.5. The van der Waals surface area contributed by atoms with Crippen molar-refractivity contribution in [1.82, 2.24) is 0 Å². The third-order valence-corrected chi connectivity index (χ3v) is 9.15. The van der Waals surface area contributed by atoms with Gasteiger partial charge in [-0.1, -0.05) is 176 Å². The van der Waals surface area contributed by atoms with E-state index in [1.54, 1.807) is 0 Å². The molecule has 0 aromatic rings. The van der Waals surface area contributed by atoms with Crippen LogP contribution >= 0.6 is 0 Å². The van der Waals surface area contributed by atoms with Gasteiger partial charge >= 0.3 is 17.9 Å². The molecule has 0 fully saturated rings. The zero-order valence-electron chi connectivity index (χ0n) is 36.1. The van der Waals surface area contributed by atoms with Crippen molar-refractivity contribution < 1.29 is 28.6 Å². The number of ether oxygens (including phenoxy) is 3. The number of hydrogen-bond donors (Lipinski definition) is 0. The summed E-state index contributed by atoms with van der Waals surface area (Å²) in [6, 6.07) is 0. The van der Waals surface area contributed by atoms with Crippen LogP contribution < -0.4 is 0 Å². The summed E-state index contributed by atoms with van der Waals surface area (Å²) in [6.07, 6.45) is 55.7. The fourth-order valence-corrected chi connectivity index (χ4v) is 5.81. The van der Waals surface area contributed by atoms with Gasteiger partial charge in [-0.25, -0.2) is 0 Å². The average molecular weight is 779 g/mol. The fourth-order valence-electron chi connectivity index (χ4n) is 5.81. The standard InChI is InChI=1S/C50H82O6/c1-4-7-10-13-16-19-21-23-24-25-26-27-29-31-34-37-40-43-49(52)55-46-47(45-54-48(51)42-39-36-33-30-18-15-12-9-6-3)56-50(53)44-41-38-35-32-28-22-20-17-14-11-8-5-2/h7-8,10-11,16-17,19-20,23-24,26-27,31,34,47H,4-6,9,12-15,18,21-22,25,28-30,32-33,35-46H2,1-3H3/b10-7-,11-8-,19-16-,20-17-,24-23-,27-26-,34-31-. The van der Waals surface area contributed by atoms with Gasteiger partial charge < -0.3 is 14.2 Å². The Morgan fingerprint density at radius 2 is 0.714 bits per heavy atom. The van der Waals surface area contributed by atoms with Gasteiger partial charge in [-0.2, -0.15) is 0 Å². The molecule has 1 unspecified atom stereocenters. The summed E-state index contributed by atoms with van der Waals surface area (Å²) in [6.45, 7) is 6.30. The molecule has 6 heteroatoms. The van der Waals surface area contributed by atoms with Crippen LogP contribution in [0.1, 0.15) is 194 Å². The predicted octanol–water partition coefficient (Wildman–Crippen LogP) is 14.5. The normalized spacial score (nSPS) is 12.8. The minimum absolute atomic E-state index is 0.100. The van der Waals surface area contributed by atoms with Crippen molar-refractivity contribution in [3.8, 4) is 0 Å². The fraction of sp³-hybridized carbons (Fsp3) is 0.660. The SMILES string of the molecule is CC/C=C\C/C=C\C/C=C\C/C=C\C/C=C\CCCC(=O)OCC(COC(=O)CCCCCCCCCCC)OC(=O)CCCCCCC/C=C\C/C=C\CC. The molecule has 6 nitrogen and oxygen atoms in total. The van der Waals surface area contributed by atoms with Crippen molar-refractivity contribution in [2.75, 3.05) is 13.2 Å². The van der Waals surface area contributed by atoms with Crippen LogP contribution in [0.3, 0.4) is 0 Å². The number of esters is 3. The van der Waals surface area contributed by atoms with Crippen molar-refractivity contribution >= 4 is 17.9 Å². The summed E-state index contributed by atoms with van der Waals surface area (Å²) < 4.78 is 16.6. The maximum Gasteiger partial charge on any atom is 0.306 e. The smallest absolute Gasteiger partial charge is 0.306 e. The lowest BCUT2D eigenvalue weighted by Crippen LogP contribution is -2.30. The largest absolute Gasteiger partial charge is 0.462 e. The highest BCUT2D eigenvalue weighted by atomic mass is 16.6. The van der Waals surface area contributed by atoms with Crippen LogP contribution in [0.4, 0.5) is 0 Å². The van der Waals surface area contributed by atoms with E-state index in [2.05, 4.69) is 106 Å². The molecule has 318 valence electrons. The molecule has 0 aromatic carbocycles. The third kappa shape index (κ3) is 41.7. The van der Waals surface area contributed by atoms with Gasteiger partial charge in [-0.3, -0.25) is 14.4 Å². The van der Waals surface area contributed by atoms with Crippen molar-refractivity contribution in [3.63, 3.8) is 0 Å². The van der Waals surface area contributed by atoms with E-state index in [1.165, 1.54) is 38.5 Å². The van der Waals surface area contributed by atoms with Crippen LogP contribution in [0.2, 0.25) is 0 Å². The van der Waals surface area contributed by atoms with Gasteiger partial charge in [0.15, 0.2) is 6.10 Å². The third-order valence-electron chi connectivity index (χ3n) is 9.15. The topological polar surface area (TPSA) is 78.9 Å². The molecule has 0 amide bonds. The van der Waals surface area contributed by atoms with Gasteiger partial charge in [-0.15, -0.1) is 0 Å². The van der Waals surface area contributed by atoms with E-state index in [4.69, 9.17) is 14.2 Å². The zero-order valence-corrected chi connectivity index (χ0v) is 36.1. The Morgan fingerprint density at radius 1 is 0.375 bits per heavy atom. The Balaban J connectivity index is 4.48. The van der Waals surface area contributed by atoms with Gasteiger partial charge in [0.05, 0.1) is 0 Å². The Bertz CT molecular complexity index is 1120. The second-order valence-electron chi connectivity index (χ2n) is 14.5. The molecule has 0 N–H and O–H groups in total. The van der Waals surface area contributed by atoms with E-state index in [-0.39, 0.29) is 37.5 Å². The number of carbonyl (C=O) groups excluding carboxylic acids is 3. The Morgan fingerprint density at radius 3 is 1.16 bits per heavy atom. The zero-order chi connectivity index (χ0) is 40.8. The average Bonchev–Trinajstić information content (AvgIpc) is 3.19. The minimum Gasteiger partial charge on any atom is -0.462 e. The molecule has 56 heavy (non-hydrogen) atoms. The Labute approximate surface area is 344 Å². The Kier molecular flexibility index (Phi) is 41.6. The van der Waals surface area contributed by atoms with Gasteiger partial charge in [0.25, 0.3) is 0 Å². The molecule has 0 aromatic heterocycles. The first kappa shape index (κ1) is 52.6. The summed E-state index contributed by atoms with van der Waals surface area (Å²) in [5.74, 6) is -0.987. The lowest BCUT2D eigenvalue weighted by molar-refractivity contribution is -0.167. The molecule has 0 aliphatic heterocycles. The van der Waals surface area contributed by atoms with E-state index in [0.29, 0.717) is 19.3 Å². The summed E-state index contributed by atoms with van der Waals surface area (Å²) in [7, 11) is 0. The molecule has 0 aliphatic rings. The van der Waals surface area contributed by atoms with Crippen LogP contribution in [-0.4, -0.2) is 37.2 Å². The highest BCUT2D eigenvalue weighted by Crippen LogP contribution is 2.13. The molecule has 0 rings (SSSR count). The molecule has 0 spiro atoms. The summed E-state index contributed by atoms with van der Waals surface area (Å²) in [5, 5.41) is 0. The molecule has 1 atom stereocenters. The van der Waals surface area contributed by atoms with Crippen LogP contribution in [0, 0.1) is 0 Å². The lowest BCUT2D eigenvalue weighted by atomic mass is 10.1. The van der Waals surface area contributed by atoms with Crippen LogP contribution in [0.25, 0.3) is 0 Å². The number of unbranched alkanes of at least 4 members (excludes halogenated alkanes) is 14. The van der Waals surface area contributed by atoms with Gasteiger partial charge in [0, 0.05) is 19.3 Å². The first-order chi connectivity index (χ1) is 27.5. The van der Waals surface area contributed by atoms with Crippen LogP contribution in [-0.2, 0) is 28.6 Å². The quantitative estimate of drug-likeness (QED) is 0.0268. The maximum absolute atomic E-state index is 12.7. The summed E-state index contributed by atoms with van der Waals surface area (Å²) in [4.78, 5) is 37.7. The van der Waals surface area contributed by atoms with Crippen molar-refractivity contribution in [3.05, 3.63) is 85.1 Å². The molecule has 0 heterocycles. The van der Waals surface area contributed by atoms with Gasteiger partial charge in [0.2, 0.25) is 0 Å². The van der Waals surface area contributed by atoms with E-state index < -0.39 is 6.10 Å². The summed E-state index contributed by atoms with van der Waals surface area (Å²) >= 11 is 0. The molecule has 0 aliphatic carbocycles. The second kappa shape index (κ2) is 44.3. The van der Waals surface area contributed by atoms with Crippen LogP contribution in [0.5, 0.6) is 0 Å². The molecular formula is C50H82O6. The number of allylic oxidation sites excluding steroid dienone is 14. The summed E-state index contributed by atoms with van der Waals surface area (Å²) in [5.41, 5.74) is 0. The van der Waals surface area contributed by atoms with Crippen molar-refractivity contribution in [1.29, 1.82) is 0 Å². The molecule has 0 radical (unpaired) electrons. The van der Waals surface area contributed by atoms with Gasteiger partial charge in [-0.05, 0) is 83.5 Å². The number of carbonyl (C=O) groups is 3. The first-order valence-corrected chi connectivity index (χ1v) is 22.6. The first-order valence-electron chi connectivity index (χ1n) is 22.6. The van der Waals surface area contributed by atoms with E-state index in [0.717, 1.165) is 109 Å². The monoisotopic (exact) mass is 779 g/mol.